The highest BCUT2D eigenvalue weighted by Gasteiger charge is 2.47. The molecule has 1 unspecified atom stereocenters. The second-order valence-corrected chi connectivity index (χ2v) is 8.34. The predicted molar refractivity (Wildman–Crippen MR) is 107 cm³/mol. The van der Waals surface area contributed by atoms with Gasteiger partial charge in [0.2, 0.25) is 0 Å². The molecule has 0 bridgehead atoms. The summed E-state index contributed by atoms with van der Waals surface area (Å²) in [5.41, 5.74) is 4.01. The zero-order valence-electron chi connectivity index (χ0n) is 16.5. The Kier molecular flexibility index (Phi) is 5.18. The Morgan fingerprint density at radius 3 is 2.52 bits per heavy atom. The van der Waals surface area contributed by atoms with Gasteiger partial charge in [-0.05, 0) is 31.2 Å². The second kappa shape index (κ2) is 7.26. The van der Waals surface area contributed by atoms with Crippen molar-refractivity contribution in [3.8, 4) is 0 Å². The van der Waals surface area contributed by atoms with Crippen LogP contribution in [0, 0.1) is 18.3 Å². The van der Waals surface area contributed by atoms with Gasteiger partial charge >= 0.3 is 5.97 Å². The minimum absolute atomic E-state index is 0.106. The molecule has 0 saturated heterocycles. The van der Waals surface area contributed by atoms with Crippen molar-refractivity contribution in [2.45, 2.75) is 46.5 Å². The van der Waals surface area contributed by atoms with E-state index in [1.54, 1.807) is 6.08 Å². The van der Waals surface area contributed by atoms with Crippen molar-refractivity contribution in [1.29, 1.82) is 0 Å². The van der Waals surface area contributed by atoms with Gasteiger partial charge in [0.1, 0.15) is 12.4 Å². The zero-order chi connectivity index (χ0) is 19.8. The van der Waals surface area contributed by atoms with Crippen molar-refractivity contribution < 1.29 is 14.3 Å². The van der Waals surface area contributed by atoms with Crippen LogP contribution in [-0.4, -0.2) is 24.1 Å². The Morgan fingerprint density at radius 2 is 1.89 bits per heavy atom. The number of carbonyl (C=O) groups is 2. The minimum Gasteiger partial charge on any atom is -0.458 e. The molecule has 1 aliphatic carbocycles. The first-order valence-corrected chi connectivity index (χ1v) is 9.39. The van der Waals surface area contributed by atoms with Gasteiger partial charge in [-0.2, -0.15) is 0 Å². The molecule has 0 spiro atoms. The molecular formula is C23H27NO3. The van der Waals surface area contributed by atoms with E-state index in [1.807, 2.05) is 38.1 Å². The van der Waals surface area contributed by atoms with Crippen LogP contribution in [0.1, 0.15) is 50.7 Å². The molecule has 0 amide bonds. The maximum Gasteiger partial charge on any atom is 0.336 e. The average molecular weight is 365 g/mol. The van der Waals surface area contributed by atoms with Crippen molar-refractivity contribution >= 4 is 17.5 Å². The van der Waals surface area contributed by atoms with Crippen molar-refractivity contribution in [3.05, 3.63) is 59.3 Å². The van der Waals surface area contributed by atoms with Crippen LogP contribution in [0.25, 0.3) is 0 Å². The monoisotopic (exact) mass is 365 g/mol. The number of esters is 1. The van der Waals surface area contributed by atoms with E-state index in [9.17, 15) is 9.59 Å². The van der Waals surface area contributed by atoms with Gasteiger partial charge in [-0.3, -0.25) is 9.79 Å². The number of ketones is 1. The molecule has 0 N–H and O–H groups in total. The Morgan fingerprint density at radius 1 is 1.22 bits per heavy atom. The van der Waals surface area contributed by atoms with Crippen LogP contribution < -0.4 is 0 Å². The van der Waals surface area contributed by atoms with Crippen LogP contribution in [0.2, 0.25) is 0 Å². The molecule has 3 rings (SSSR count). The topological polar surface area (TPSA) is 55.7 Å². The van der Waals surface area contributed by atoms with Gasteiger partial charge in [-0.1, -0.05) is 56.3 Å². The van der Waals surface area contributed by atoms with Crippen LogP contribution >= 0.6 is 0 Å². The van der Waals surface area contributed by atoms with Crippen molar-refractivity contribution in [2.75, 3.05) is 6.61 Å². The van der Waals surface area contributed by atoms with E-state index in [2.05, 4.69) is 20.4 Å². The number of hydrogen-bond acceptors (Lipinski definition) is 4. The maximum absolute atomic E-state index is 13.1. The molecule has 4 nitrogen and oxygen atoms in total. The number of aliphatic imine (C=N–C) groups is 1. The predicted octanol–water partition coefficient (Wildman–Crippen LogP) is 4.54. The Labute approximate surface area is 161 Å². The van der Waals surface area contributed by atoms with E-state index < -0.39 is 11.9 Å². The molecule has 1 fully saturated rings. The van der Waals surface area contributed by atoms with E-state index in [0.717, 1.165) is 23.3 Å². The largest absolute Gasteiger partial charge is 0.458 e. The van der Waals surface area contributed by atoms with Gasteiger partial charge in [0.05, 0.1) is 11.5 Å². The molecule has 1 saturated carbocycles. The molecule has 2 aliphatic rings. The van der Waals surface area contributed by atoms with E-state index in [1.165, 1.54) is 0 Å². The summed E-state index contributed by atoms with van der Waals surface area (Å²) in [6.45, 7) is 11.8. The molecule has 2 atom stereocenters. The summed E-state index contributed by atoms with van der Waals surface area (Å²) >= 11 is 0. The van der Waals surface area contributed by atoms with Crippen LogP contribution in [0.15, 0.2) is 53.2 Å². The number of aryl methyl sites for hydroxylation is 1. The number of benzene rings is 1. The van der Waals surface area contributed by atoms with Gasteiger partial charge in [-0.25, -0.2) is 4.79 Å². The number of nitrogens with zero attached hydrogens (tertiary/aromatic N) is 1. The molecule has 1 aliphatic heterocycles. The Hall–Kier alpha value is -2.49. The molecule has 27 heavy (non-hydrogen) atoms. The van der Waals surface area contributed by atoms with Gasteiger partial charge in [0.25, 0.3) is 0 Å². The minimum atomic E-state index is -0.418. The van der Waals surface area contributed by atoms with Crippen LogP contribution in [0.4, 0.5) is 0 Å². The number of Topliss-reactive ketones (excluding diaryl/α,β-unsaturated/α-hetero) is 1. The lowest BCUT2D eigenvalue weighted by molar-refractivity contribution is -0.138. The lowest BCUT2D eigenvalue weighted by Gasteiger charge is -2.41. The second-order valence-electron chi connectivity index (χ2n) is 8.34. The molecular weight excluding hydrogens is 338 g/mol. The average Bonchev–Trinajstić information content (AvgIpc) is 2.58. The fourth-order valence-corrected chi connectivity index (χ4v) is 4.20. The van der Waals surface area contributed by atoms with Crippen LogP contribution in [0.3, 0.4) is 0 Å². The van der Waals surface area contributed by atoms with Crippen LogP contribution in [-0.2, 0) is 14.3 Å². The SMILES string of the molecule is C=CCOC(=O)C1=C(C)N=C2CC(C)(C)CC(=O)C2[C@H]1c1ccc(C)cc1. The van der Waals surface area contributed by atoms with E-state index in [-0.39, 0.29) is 23.7 Å². The van der Waals surface area contributed by atoms with E-state index >= 15 is 0 Å². The van der Waals surface area contributed by atoms with Gasteiger partial charge in [-0.15, -0.1) is 0 Å². The highest BCUT2D eigenvalue weighted by Crippen LogP contribution is 2.46. The summed E-state index contributed by atoms with van der Waals surface area (Å²) < 4.78 is 5.34. The first kappa shape index (κ1) is 19.3. The number of ether oxygens (including phenoxy) is 1. The molecule has 142 valence electrons. The number of allylic oxidation sites excluding steroid dienone is 1. The summed E-state index contributed by atoms with van der Waals surface area (Å²) in [5.74, 6) is -1.01. The van der Waals surface area contributed by atoms with E-state index in [0.29, 0.717) is 17.7 Å². The van der Waals surface area contributed by atoms with E-state index in [4.69, 9.17) is 9.73 Å². The lowest BCUT2D eigenvalue weighted by atomic mass is 9.63. The first-order chi connectivity index (χ1) is 12.7. The van der Waals surface area contributed by atoms with Crippen LogP contribution in [0.5, 0.6) is 0 Å². The van der Waals surface area contributed by atoms with Gasteiger partial charge < -0.3 is 4.74 Å². The Balaban J connectivity index is 2.13. The van der Waals surface area contributed by atoms with Gasteiger partial charge in [0, 0.05) is 23.7 Å². The first-order valence-electron chi connectivity index (χ1n) is 9.39. The summed E-state index contributed by atoms with van der Waals surface area (Å²) in [6.07, 6.45) is 2.80. The summed E-state index contributed by atoms with van der Waals surface area (Å²) in [7, 11) is 0. The summed E-state index contributed by atoms with van der Waals surface area (Å²) in [5, 5.41) is 0. The molecule has 0 radical (unpaired) electrons. The fourth-order valence-electron chi connectivity index (χ4n) is 4.20. The number of fused-ring (bicyclic) bond motifs is 1. The summed E-state index contributed by atoms with van der Waals surface area (Å²) in [6, 6.07) is 8.04. The molecule has 1 aromatic rings. The van der Waals surface area contributed by atoms with Crippen molar-refractivity contribution in [2.24, 2.45) is 16.3 Å². The highest BCUT2D eigenvalue weighted by atomic mass is 16.5. The number of carbonyl (C=O) groups excluding carboxylic acids is 2. The van der Waals surface area contributed by atoms with Gasteiger partial charge in [0.15, 0.2) is 0 Å². The standard InChI is InChI=1S/C23H27NO3/c1-6-11-27-22(26)19-15(3)24-17-12-23(4,5)13-18(25)21(17)20(19)16-9-7-14(2)8-10-16/h6-10,20-21H,1,11-13H2,2-5H3/t20-,21?/m0/s1. The van der Waals surface area contributed by atoms with Crippen molar-refractivity contribution in [1.82, 2.24) is 0 Å². The third-order valence-corrected chi connectivity index (χ3v) is 5.35. The molecule has 4 heteroatoms. The third kappa shape index (κ3) is 3.80. The Bertz CT molecular complexity index is 843. The van der Waals surface area contributed by atoms with Crippen molar-refractivity contribution in [3.63, 3.8) is 0 Å². The lowest BCUT2D eigenvalue weighted by Crippen LogP contribution is -2.44. The number of rotatable bonds is 4. The summed E-state index contributed by atoms with van der Waals surface area (Å²) in [4.78, 5) is 30.6. The maximum atomic E-state index is 13.1. The quantitative estimate of drug-likeness (QED) is 0.581. The molecule has 1 heterocycles. The molecule has 1 aromatic carbocycles. The third-order valence-electron chi connectivity index (χ3n) is 5.35. The zero-order valence-corrected chi connectivity index (χ0v) is 16.5. The highest BCUT2D eigenvalue weighted by molar-refractivity contribution is 6.12. The molecule has 0 aromatic heterocycles. The fraction of sp³-hybridized carbons (Fsp3) is 0.435. The number of hydrogen-bond donors (Lipinski definition) is 0. The normalized spacial score (nSPS) is 24.1. The smallest absolute Gasteiger partial charge is 0.336 e.